The second-order valence-corrected chi connectivity index (χ2v) is 9.37. The van der Waals surface area contributed by atoms with Crippen LogP contribution in [0.1, 0.15) is 44.9 Å². The van der Waals surface area contributed by atoms with Gasteiger partial charge in [-0.15, -0.1) is 0 Å². The number of guanidine groups is 1. The molecule has 0 aromatic carbocycles. The largest absolute Gasteiger partial charge is 0.355 e. The molecule has 0 aromatic rings. The number of likely N-dealkylation sites (N-methyl/N-ethyl adjacent to an activating group) is 1. The summed E-state index contributed by atoms with van der Waals surface area (Å²) in [6, 6.07) is 0.648. The highest BCUT2D eigenvalue weighted by molar-refractivity contribution is 8.00. The lowest BCUT2D eigenvalue weighted by atomic mass is 9.87. The molecule has 3 rings (SSSR count). The molecule has 1 atom stereocenters. The van der Waals surface area contributed by atoms with Crippen LogP contribution in [-0.4, -0.2) is 73.1 Å². The third-order valence-electron chi connectivity index (χ3n) is 5.82. The van der Waals surface area contributed by atoms with Crippen molar-refractivity contribution in [3.05, 3.63) is 0 Å². The summed E-state index contributed by atoms with van der Waals surface area (Å²) in [5, 5.41) is 3.69. The fourth-order valence-corrected chi connectivity index (χ4v) is 5.87. The molecule has 1 spiro atoms. The van der Waals surface area contributed by atoms with Crippen LogP contribution in [0.25, 0.3) is 0 Å². The fourth-order valence-electron chi connectivity index (χ4n) is 4.30. The first-order valence-electron chi connectivity index (χ1n) is 9.39. The first-order valence-corrected chi connectivity index (χ1v) is 10.4. The highest BCUT2D eigenvalue weighted by atomic mass is 32.2. The monoisotopic (exact) mass is 338 g/mol. The van der Waals surface area contributed by atoms with Crippen LogP contribution in [0.4, 0.5) is 0 Å². The first kappa shape index (κ1) is 17.4. The smallest absolute Gasteiger partial charge is 0.193 e. The van der Waals surface area contributed by atoms with Gasteiger partial charge in [-0.3, -0.25) is 4.99 Å². The number of hydrogen-bond acceptors (Lipinski definition) is 3. The highest BCUT2D eigenvalue weighted by Gasteiger charge is 2.38. The summed E-state index contributed by atoms with van der Waals surface area (Å²) in [7, 11) is 6.36. The molecule has 1 heterocycles. The molecular formula is C18H34N4S. The van der Waals surface area contributed by atoms with Gasteiger partial charge < -0.3 is 15.1 Å². The number of nitrogens with one attached hydrogen (secondary N) is 1. The maximum atomic E-state index is 4.60. The van der Waals surface area contributed by atoms with Gasteiger partial charge in [-0.2, -0.15) is 11.8 Å². The molecule has 1 unspecified atom stereocenters. The van der Waals surface area contributed by atoms with E-state index in [2.05, 4.69) is 46.0 Å². The number of hydrogen-bond donors (Lipinski definition) is 1. The molecule has 132 valence electrons. The van der Waals surface area contributed by atoms with Gasteiger partial charge in [-0.1, -0.05) is 19.3 Å². The zero-order chi connectivity index (χ0) is 16.3. The predicted molar refractivity (Wildman–Crippen MR) is 101 cm³/mol. The Morgan fingerprint density at radius 1 is 1.30 bits per heavy atom. The minimum absolute atomic E-state index is 0.506. The molecule has 1 N–H and O–H groups in total. The SMILES string of the molecule is CN=C(NCC(C1CC1)N(C)C)N1CCSC2(CCCCC2)C1. The van der Waals surface area contributed by atoms with Crippen LogP contribution in [0.3, 0.4) is 0 Å². The van der Waals surface area contributed by atoms with Crippen molar-refractivity contribution in [2.24, 2.45) is 10.9 Å². The normalized spacial score (nSPS) is 26.6. The minimum Gasteiger partial charge on any atom is -0.355 e. The molecule has 0 radical (unpaired) electrons. The van der Waals surface area contributed by atoms with Gasteiger partial charge >= 0.3 is 0 Å². The summed E-state index contributed by atoms with van der Waals surface area (Å²) in [6.45, 7) is 3.36. The number of rotatable bonds is 4. The van der Waals surface area contributed by atoms with E-state index in [9.17, 15) is 0 Å². The Bertz CT molecular complexity index is 406. The summed E-state index contributed by atoms with van der Waals surface area (Å²) in [5.74, 6) is 3.26. The van der Waals surface area contributed by atoms with Gasteiger partial charge in [0.1, 0.15) is 0 Å². The Hall–Kier alpha value is -0.420. The van der Waals surface area contributed by atoms with Crippen LogP contribution in [-0.2, 0) is 0 Å². The van der Waals surface area contributed by atoms with Crippen LogP contribution >= 0.6 is 11.8 Å². The first-order chi connectivity index (χ1) is 11.1. The second kappa shape index (κ2) is 7.64. The molecule has 5 heteroatoms. The van der Waals surface area contributed by atoms with Gasteiger partial charge in [0.2, 0.25) is 0 Å². The maximum Gasteiger partial charge on any atom is 0.193 e. The Kier molecular flexibility index (Phi) is 5.78. The van der Waals surface area contributed by atoms with E-state index in [0.717, 1.165) is 25.0 Å². The van der Waals surface area contributed by atoms with Crippen molar-refractivity contribution in [1.82, 2.24) is 15.1 Å². The Morgan fingerprint density at radius 2 is 2.04 bits per heavy atom. The van der Waals surface area contributed by atoms with Crippen LogP contribution in [0.15, 0.2) is 4.99 Å². The molecule has 3 fully saturated rings. The van der Waals surface area contributed by atoms with Crippen molar-refractivity contribution in [3.63, 3.8) is 0 Å². The summed E-state index contributed by atoms with van der Waals surface area (Å²) in [5.41, 5.74) is 0. The Morgan fingerprint density at radius 3 is 2.65 bits per heavy atom. The van der Waals surface area contributed by atoms with Gasteiger partial charge in [-0.05, 0) is 45.7 Å². The molecule has 0 bridgehead atoms. The third kappa shape index (κ3) is 4.36. The molecule has 3 aliphatic rings. The molecule has 1 saturated heterocycles. The molecule has 0 aromatic heterocycles. The Labute approximate surface area is 146 Å². The summed E-state index contributed by atoms with van der Waals surface area (Å²) in [6.07, 6.45) is 9.84. The van der Waals surface area contributed by atoms with E-state index in [0.29, 0.717) is 10.8 Å². The van der Waals surface area contributed by atoms with Crippen molar-refractivity contribution in [1.29, 1.82) is 0 Å². The standard InChI is InChI=1S/C18H34N4S/c1-19-17(20-13-16(21(2)3)15-7-8-15)22-11-12-23-18(14-22)9-5-4-6-10-18/h15-16H,4-14H2,1-3H3,(H,19,20). The maximum absolute atomic E-state index is 4.60. The van der Waals surface area contributed by atoms with Crippen molar-refractivity contribution in [2.75, 3.05) is 46.5 Å². The van der Waals surface area contributed by atoms with Gasteiger partial charge in [-0.25, -0.2) is 0 Å². The zero-order valence-electron chi connectivity index (χ0n) is 15.2. The van der Waals surface area contributed by atoms with E-state index < -0.39 is 0 Å². The molecule has 2 saturated carbocycles. The summed E-state index contributed by atoms with van der Waals surface area (Å²) >= 11 is 2.23. The number of thioether (sulfide) groups is 1. The van der Waals surface area contributed by atoms with Crippen molar-refractivity contribution < 1.29 is 0 Å². The number of aliphatic imine (C=N–C) groups is 1. The minimum atomic E-state index is 0.506. The van der Waals surface area contributed by atoms with E-state index in [-0.39, 0.29) is 0 Å². The van der Waals surface area contributed by atoms with Crippen molar-refractivity contribution >= 4 is 17.7 Å². The molecule has 23 heavy (non-hydrogen) atoms. The van der Waals surface area contributed by atoms with E-state index in [1.165, 1.54) is 57.2 Å². The van der Waals surface area contributed by atoms with Gasteiger partial charge in [0.05, 0.1) is 0 Å². The fraction of sp³-hybridized carbons (Fsp3) is 0.944. The lowest BCUT2D eigenvalue weighted by Crippen LogP contribution is -2.55. The van der Waals surface area contributed by atoms with E-state index >= 15 is 0 Å². The van der Waals surface area contributed by atoms with E-state index in [4.69, 9.17) is 0 Å². The lowest BCUT2D eigenvalue weighted by molar-refractivity contribution is 0.256. The van der Waals surface area contributed by atoms with Crippen LogP contribution in [0.5, 0.6) is 0 Å². The van der Waals surface area contributed by atoms with Crippen LogP contribution in [0, 0.1) is 5.92 Å². The second-order valence-electron chi connectivity index (χ2n) is 7.81. The van der Waals surface area contributed by atoms with E-state index in [1.54, 1.807) is 0 Å². The van der Waals surface area contributed by atoms with Crippen molar-refractivity contribution in [2.45, 2.75) is 55.7 Å². The average molecular weight is 339 g/mol. The Balaban J connectivity index is 1.57. The zero-order valence-corrected chi connectivity index (χ0v) is 16.0. The van der Waals surface area contributed by atoms with Gasteiger partial charge in [0.15, 0.2) is 5.96 Å². The van der Waals surface area contributed by atoms with Crippen LogP contribution in [0.2, 0.25) is 0 Å². The third-order valence-corrected chi connectivity index (χ3v) is 7.36. The lowest BCUT2D eigenvalue weighted by Gasteiger charge is -2.45. The molecular weight excluding hydrogens is 304 g/mol. The number of nitrogens with zero attached hydrogens (tertiary/aromatic N) is 3. The highest BCUT2D eigenvalue weighted by Crippen LogP contribution is 2.42. The molecule has 4 nitrogen and oxygen atoms in total. The predicted octanol–water partition coefficient (Wildman–Crippen LogP) is 2.65. The topological polar surface area (TPSA) is 30.9 Å². The van der Waals surface area contributed by atoms with Crippen LogP contribution < -0.4 is 5.32 Å². The van der Waals surface area contributed by atoms with Gasteiger partial charge in [0.25, 0.3) is 0 Å². The molecule has 2 aliphatic carbocycles. The van der Waals surface area contributed by atoms with E-state index in [1.807, 2.05) is 7.05 Å². The van der Waals surface area contributed by atoms with Crippen molar-refractivity contribution in [3.8, 4) is 0 Å². The molecule has 1 aliphatic heterocycles. The summed E-state index contributed by atoms with van der Waals surface area (Å²) in [4.78, 5) is 9.52. The average Bonchev–Trinajstić information content (AvgIpc) is 3.37. The quantitative estimate of drug-likeness (QED) is 0.631. The summed E-state index contributed by atoms with van der Waals surface area (Å²) < 4.78 is 0.506. The van der Waals surface area contributed by atoms with Gasteiger partial charge in [0, 0.05) is 43.2 Å². The molecule has 0 amide bonds.